The monoisotopic (exact) mass is 368 g/mol. The van der Waals surface area contributed by atoms with Gasteiger partial charge in [-0.1, -0.05) is 20.8 Å². The van der Waals surface area contributed by atoms with E-state index in [-0.39, 0.29) is 16.9 Å². The highest BCUT2D eigenvalue weighted by Crippen LogP contribution is 2.37. The largest absolute Gasteiger partial charge is 0.508 e. The highest BCUT2D eigenvalue weighted by Gasteiger charge is 2.21. The first-order valence-electron chi connectivity index (χ1n) is 9.21. The van der Waals surface area contributed by atoms with Crippen LogP contribution in [0.5, 0.6) is 17.2 Å². The molecule has 4 nitrogen and oxygen atoms in total. The molecule has 0 bridgehead atoms. The van der Waals surface area contributed by atoms with Crippen LogP contribution >= 0.6 is 0 Å². The summed E-state index contributed by atoms with van der Waals surface area (Å²) in [5, 5.41) is 9.36. The number of aromatic hydroxyl groups is 1. The van der Waals surface area contributed by atoms with Gasteiger partial charge >= 0.3 is 0 Å². The number of phenols is 1. The van der Waals surface area contributed by atoms with Gasteiger partial charge in [0.05, 0.1) is 13.2 Å². The minimum Gasteiger partial charge on any atom is -0.508 e. The number of phenolic OH excluding ortho intramolecular Hbond substituents is 1. The molecular weight excluding hydrogens is 340 g/mol. The Morgan fingerprint density at radius 3 is 2.15 bits per heavy atom. The normalized spacial score (nSPS) is 11.6. The lowest BCUT2D eigenvalue weighted by molar-refractivity contribution is 0.104. The van der Waals surface area contributed by atoms with Crippen molar-refractivity contribution in [1.82, 2.24) is 0 Å². The lowest BCUT2D eigenvalue weighted by Gasteiger charge is -2.24. The molecule has 4 heteroatoms. The van der Waals surface area contributed by atoms with Gasteiger partial charge in [0.15, 0.2) is 5.78 Å². The zero-order chi connectivity index (χ0) is 20.0. The van der Waals surface area contributed by atoms with Crippen LogP contribution in [0.15, 0.2) is 42.5 Å². The Hall–Kier alpha value is -2.75. The fourth-order valence-corrected chi connectivity index (χ4v) is 2.74. The maximum Gasteiger partial charge on any atom is 0.185 e. The Morgan fingerprint density at radius 1 is 1.00 bits per heavy atom. The van der Waals surface area contributed by atoms with Gasteiger partial charge < -0.3 is 14.6 Å². The summed E-state index contributed by atoms with van der Waals surface area (Å²) in [6.45, 7) is 11.3. The van der Waals surface area contributed by atoms with Crippen molar-refractivity contribution in [2.24, 2.45) is 0 Å². The van der Waals surface area contributed by atoms with Gasteiger partial charge in [0.1, 0.15) is 17.2 Å². The number of hydrogen-bond donors (Lipinski definition) is 1. The fraction of sp³-hybridized carbons (Fsp3) is 0.348. The third kappa shape index (κ3) is 5.36. The zero-order valence-corrected chi connectivity index (χ0v) is 16.7. The number of ketones is 1. The molecule has 0 aliphatic carbocycles. The Kier molecular flexibility index (Phi) is 6.67. The van der Waals surface area contributed by atoms with Crippen LogP contribution in [0.25, 0.3) is 6.08 Å². The van der Waals surface area contributed by atoms with E-state index < -0.39 is 0 Å². The molecule has 0 aliphatic rings. The van der Waals surface area contributed by atoms with Crippen molar-refractivity contribution >= 4 is 11.9 Å². The second-order valence-corrected chi connectivity index (χ2v) is 7.25. The molecule has 0 radical (unpaired) electrons. The van der Waals surface area contributed by atoms with E-state index in [1.807, 2.05) is 26.0 Å². The quantitative estimate of drug-likeness (QED) is 0.526. The number of rotatable bonds is 7. The van der Waals surface area contributed by atoms with E-state index in [0.717, 1.165) is 16.9 Å². The Labute approximate surface area is 161 Å². The smallest absolute Gasteiger partial charge is 0.185 e. The molecule has 0 heterocycles. The summed E-state index contributed by atoms with van der Waals surface area (Å²) in [4.78, 5) is 12.4. The van der Waals surface area contributed by atoms with E-state index in [9.17, 15) is 9.90 Å². The second-order valence-electron chi connectivity index (χ2n) is 7.25. The summed E-state index contributed by atoms with van der Waals surface area (Å²) in [6.07, 6.45) is 3.29. The molecule has 0 atom stereocenters. The van der Waals surface area contributed by atoms with E-state index >= 15 is 0 Å². The van der Waals surface area contributed by atoms with Crippen LogP contribution in [0.2, 0.25) is 0 Å². The number of hydrogen-bond acceptors (Lipinski definition) is 4. The first kappa shape index (κ1) is 20.6. The SMILES string of the molecule is CCOc1cc(OCC)c(C(C)(C)C)cc1/C=C/C(=O)c1ccc(O)cc1. The molecule has 27 heavy (non-hydrogen) atoms. The number of ether oxygens (including phenoxy) is 2. The zero-order valence-electron chi connectivity index (χ0n) is 16.7. The van der Waals surface area contributed by atoms with Crippen molar-refractivity contribution in [3.05, 3.63) is 59.2 Å². The van der Waals surface area contributed by atoms with Gasteiger partial charge in [-0.15, -0.1) is 0 Å². The van der Waals surface area contributed by atoms with E-state index in [4.69, 9.17) is 9.47 Å². The van der Waals surface area contributed by atoms with Crippen molar-refractivity contribution in [2.75, 3.05) is 13.2 Å². The number of allylic oxidation sites excluding steroid dienone is 1. The topological polar surface area (TPSA) is 55.8 Å². The Balaban J connectivity index is 2.43. The highest BCUT2D eigenvalue weighted by molar-refractivity contribution is 6.07. The first-order chi connectivity index (χ1) is 12.8. The summed E-state index contributed by atoms with van der Waals surface area (Å²) in [5.74, 6) is 1.48. The van der Waals surface area contributed by atoms with Crippen molar-refractivity contribution in [3.8, 4) is 17.2 Å². The minimum absolute atomic E-state index is 0.112. The molecule has 0 spiro atoms. The van der Waals surface area contributed by atoms with Crippen LogP contribution < -0.4 is 9.47 Å². The molecule has 0 fully saturated rings. The van der Waals surface area contributed by atoms with Gasteiger partial charge in [-0.3, -0.25) is 4.79 Å². The predicted octanol–water partition coefficient (Wildman–Crippen LogP) is 5.38. The molecule has 2 aromatic carbocycles. The fourth-order valence-electron chi connectivity index (χ4n) is 2.74. The highest BCUT2D eigenvalue weighted by atomic mass is 16.5. The molecular formula is C23H28O4. The summed E-state index contributed by atoms with van der Waals surface area (Å²) in [5.41, 5.74) is 2.30. The summed E-state index contributed by atoms with van der Waals surface area (Å²) in [7, 11) is 0. The van der Waals surface area contributed by atoms with Crippen molar-refractivity contribution in [2.45, 2.75) is 40.0 Å². The standard InChI is InChI=1S/C23H28O4/c1-6-26-21-15-22(27-7-2)19(23(3,4)5)14-17(21)10-13-20(25)16-8-11-18(24)12-9-16/h8-15,24H,6-7H2,1-5H3/b13-10+. The van der Waals surface area contributed by atoms with Gasteiger partial charge in [0.25, 0.3) is 0 Å². The lowest BCUT2D eigenvalue weighted by atomic mass is 9.85. The molecule has 144 valence electrons. The van der Waals surface area contributed by atoms with Gasteiger partial charge in [0.2, 0.25) is 0 Å². The molecule has 0 saturated heterocycles. The van der Waals surface area contributed by atoms with Gasteiger partial charge in [-0.05, 0) is 61.7 Å². The van der Waals surface area contributed by atoms with Crippen LogP contribution in [-0.4, -0.2) is 24.1 Å². The molecule has 0 amide bonds. The average molecular weight is 368 g/mol. The van der Waals surface area contributed by atoms with E-state index in [1.165, 1.54) is 18.2 Å². The minimum atomic E-state index is -0.136. The van der Waals surface area contributed by atoms with Gasteiger partial charge in [-0.25, -0.2) is 0 Å². The number of carbonyl (C=O) groups excluding carboxylic acids is 1. The lowest BCUT2D eigenvalue weighted by Crippen LogP contribution is -2.14. The summed E-state index contributed by atoms with van der Waals surface area (Å²) >= 11 is 0. The predicted molar refractivity (Wildman–Crippen MR) is 109 cm³/mol. The number of benzene rings is 2. The molecule has 0 unspecified atom stereocenters. The third-order valence-electron chi connectivity index (χ3n) is 4.09. The van der Waals surface area contributed by atoms with Gasteiger partial charge in [-0.2, -0.15) is 0 Å². The molecule has 0 aromatic heterocycles. The van der Waals surface area contributed by atoms with Crippen molar-refractivity contribution in [1.29, 1.82) is 0 Å². The molecule has 2 aromatic rings. The summed E-state index contributed by atoms with van der Waals surface area (Å²) < 4.78 is 11.6. The molecule has 2 rings (SSSR count). The molecule has 1 N–H and O–H groups in total. The third-order valence-corrected chi connectivity index (χ3v) is 4.09. The van der Waals surface area contributed by atoms with E-state index in [2.05, 4.69) is 20.8 Å². The molecule has 0 aliphatic heterocycles. The van der Waals surface area contributed by atoms with Crippen molar-refractivity contribution < 1.29 is 19.4 Å². The van der Waals surface area contributed by atoms with Crippen LogP contribution in [0.3, 0.4) is 0 Å². The Morgan fingerprint density at radius 2 is 1.59 bits per heavy atom. The summed E-state index contributed by atoms with van der Waals surface area (Å²) in [6, 6.07) is 10.1. The van der Waals surface area contributed by atoms with Crippen molar-refractivity contribution in [3.63, 3.8) is 0 Å². The maximum atomic E-state index is 12.4. The van der Waals surface area contributed by atoms with Gasteiger partial charge in [0, 0.05) is 22.8 Å². The van der Waals surface area contributed by atoms with E-state index in [1.54, 1.807) is 18.2 Å². The average Bonchev–Trinajstić information content (AvgIpc) is 2.61. The molecule has 0 saturated carbocycles. The maximum absolute atomic E-state index is 12.4. The van der Waals surface area contributed by atoms with Crippen LogP contribution in [0, 0.1) is 0 Å². The number of carbonyl (C=O) groups is 1. The van der Waals surface area contributed by atoms with Crippen LogP contribution in [0.1, 0.15) is 56.1 Å². The van der Waals surface area contributed by atoms with Crippen LogP contribution in [0.4, 0.5) is 0 Å². The second kappa shape index (κ2) is 8.76. The Bertz CT molecular complexity index is 812. The first-order valence-corrected chi connectivity index (χ1v) is 9.21. The van der Waals surface area contributed by atoms with Crippen LogP contribution in [-0.2, 0) is 5.41 Å². The van der Waals surface area contributed by atoms with E-state index in [0.29, 0.717) is 24.5 Å².